The molecule has 23 heavy (non-hydrogen) atoms. The number of Topliss-reactive ketones (excluding diaryl/α,β-unsaturated/α-hetero) is 1. The van der Waals surface area contributed by atoms with E-state index < -0.39 is 0 Å². The predicted octanol–water partition coefficient (Wildman–Crippen LogP) is 3.80. The van der Waals surface area contributed by atoms with Gasteiger partial charge < -0.3 is 4.74 Å². The lowest BCUT2D eigenvalue weighted by atomic mass is 9.96. The number of hydrogen-bond acceptors (Lipinski definition) is 3. The van der Waals surface area contributed by atoms with Crippen LogP contribution in [0.5, 0.6) is 0 Å². The normalized spacial score (nSPS) is 34.2. The highest BCUT2D eigenvalue weighted by Crippen LogP contribution is 2.47. The number of ketones is 1. The fourth-order valence-electron chi connectivity index (χ4n) is 4.76. The molecule has 1 aliphatic heterocycles. The number of carbonyl (C=O) groups excluding carboxylic acids is 1. The van der Waals surface area contributed by atoms with Crippen molar-refractivity contribution in [3.8, 4) is 0 Å². The monoisotopic (exact) mass is 377 g/mol. The van der Waals surface area contributed by atoms with Gasteiger partial charge in [-0.15, -0.1) is 0 Å². The van der Waals surface area contributed by atoms with Crippen LogP contribution in [0.1, 0.15) is 37.7 Å². The quantitative estimate of drug-likeness (QED) is 0.798. The summed E-state index contributed by atoms with van der Waals surface area (Å²) in [6.45, 7) is 3.00. The molecule has 2 bridgehead atoms. The van der Waals surface area contributed by atoms with Gasteiger partial charge in [-0.3, -0.25) is 9.69 Å². The molecule has 3 aliphatic rings. The summed E-state index contributed by atoms with van der Waals surface area (Å²) in [6.07, 6.45) is 5.84. The minimum Gasteiger partial charge on any atom is -0.373 e. The molecular formula is C19H24BrNO2. The van der Waals surface area contributed by atoms with Crippen molar-refractivity contribution in [3.63, 3.8) is 0 Å². The second-order valence-corrected chi connectivity index (χ2v) is 8.16. The summed E-state index contributed by atoms with van der Waals surface area (Å²) >= 11 is 3.46. The maximum absolute atomic E-state index is 12.3. The van der Waals surface area contributed by atoms with Crippen molar-refractivity contribution in [2.45, 2.75) is 50.9 Å². The van der Waals surface area contributed by atoms with Gasteiger partial charge >= 0.3 is 0 Å². The second kappa shape index (κ2) is 6.66. The average Bonchev–Trinajstić information content (AvgIpc) is 3.09. The number of hydrogen-bond donors (Lipinski definition) is 0. The lowest BCUT2D eigenvalue weighted by Crippen LogP contribution is -2.43. The van der Waals surface area contributed by atoms with Crippen LogP contribution >= 0.6 is 15.9 Å². The number of halogens is 1. The van der Waals surface area contributed by atoms with E-state index in [1.165, 1.54) is 37.9 Å². The number of rotatable bonds is 4. The Balaban J connectivity index is 1.41. The molecule has 4 atom stereocenters. The lowest BCUT2D eigenvalue weighted by molar-refractivity contribution is -0.124. The van der Waals surface area contributed by atoms with Crippen LogP contribution < -0.4 is 0 Å². The molecular weight excluding hydrogens is 354 g/mol. The van der Waals surface area contributed by atoms with Gasteiger partial charge in [0.1, 0.15) is 5.78 Å². The highest BCUT2D eigenvalue weighted by Gasteiger charge is 2.55. The van der Waals surface area contributed by atoms with E-state index in [2.05, 4.69) is 45.1 Å². The highest BCUT2D eigenvalue weighted by atomic mass is 79.9. The zero-order valence-corrected chi connectivity index (χ0v) is 15.0. The Hall–Kier alpha value is -0.710. The summed E-state index contributed by atoms with van der Waals surface area (Å²) < 4.78 is 7.33. The van der Waals surface area contributed by atoms with Gasteiger partial charge in [-0.25, -0.2) is 0 Å². The summed E-state index contributed by atoms with van der Waals surface area (Å²) in [5, 5.41) is 0. The summed E-state index contributed by atoms with van der Waals surface area (Å²) in [5.74, 6) is 1.13. The number of nitrogens with zero attached hydrogens (tertiary/aromatic N) is 1. The molecule has 1 saturated heterocycles. The van der Waals surface area contributed by atoms with Crippen LogP contribution in [-0.2, 0) is 16.1 Å². The van der Waals surface area contributed by atoms with Crippen LogP contribution in [0.15, 0.2) is 28.7 Å². The number of likely N-dealkylation sites (tertiary alicyclic amines) is 1. The Morgan fingerprint density at radius 3 is 2.61 bits per heavy atom. The van der Waals surface area contributed by atoms with Crippen molar-refractivity contribution in [3.05, 3.63) is 34.3 Å². The molecule has 1 aromatic carbocycles. The first-order valence-electron chi connectivity index (χ1n) is 8.85. The van der Waals surface area contributed by atoms with E-state index in [-0.39, 0.29) is 12.0 Å². The van der Waals surface area contributed by atoms with Crippen molar-refractivity contribution in [1.29, 1.82) is 0 Å². The molecule has 1 aromatic rings. The van der Waals surface area contributed by atoms with Crippen molar-refractivity contribution < 1.29 is 9.53 Å². The maximum Gasteiger partial charge on any atom is 0.138 e. The first kappa shape index (κ1) is 15.8. The molecule has 0 radical (unpaired) electrons. The van der Waals surface area contributed by atoms with Crippen LogP contribution in [0.4, 0.5) is 0 Å². The van der Waals surface area contributed by atoms with Gasteiger partial charge in [-0.1, -0.05) is 34.5 Å². The number of benzene rings is 1. The highest BCUT2D eigenvalue weighted by molar-refractivity contribution is 9.10. The predicted molar refractivity (Wildman–Crippen MR) is 93.2 cm³/mol. The molecule has 4 rings (SSSR count). The van der Waals surface area contributed by atoms with Gasteiger partial charge in [0.15, 0.2) is 0 Å². The average molecular weight is 378 g/mol. The largest absolute Gasteiger partial charge is 0.373 e. The Labute approximate surface area is 146 Å². The Bertz CT molecular complexity index is 567. The standard InChI is InChI=1S/C19H24BrNO2/c20-14-6-4-13(5-7-14)12-23-18-11-15-17(22)10-16(18)19(15)21-8-2-1-3-9-21/h4-7,15-16,18-19H,1-3,8-12H2/t15-,16?,18?,19?/m0/s1. The fraction of sp³-hybridized carbons (Fsp3) is 0.632. The number of carbonyl (C=O) groups is 1. The first-order chi connectivity index (χ1) is 11.2. The number of piperidine rings is 1. The Kier molecular flexibility index (Phi) is 4.57. The Morgan fingerprint density at radius 1 is 1.13 bits per heavy atom. The SMILES string of the molecule is O=C1CC2C(OCc3ccc(Br)cc3)C[C@@H]1C2N1CCCCC1. The smallest absolute Gasteiger partial charge is 0.138 e. The van der Waals surface area contributed by atoms with E-state index >= 15 is 0 Å². The fourth-order valence-corrected chi connectivity index (χ4v) is 5.02. The van der Waals surface area contributed by atoms with Crippen molar-refractivity contribution >= 4 is 21.7 Å². The summed E-state index contributed by atoms with van der Waals surface area (Å²) in [6, 6.07) is 8.77. The molecule has 3 unspecified atom stereocenters. The van der Waals surface area contributed by atoms with E-state index in [0.717, 1.165) is 17.3 Å². The minimum absolute atomic E-state index is 0.230. The van der Waals surface area contributed by atoms with Gasteiger partial charge in [0.05, 0.1) is 12.7 Å². The van der Waals surface area contributed by atoms with Gasteiger partial charge in [-0.2, -0.15) is 0 Å². The molecule has 0 amide bonds. The summed E-state index contributed by atoms with van der Waals surface area (Å²) in [4.78, 5) is 14.8. The van der Waals surface area contributed by atoms with Crippen LogP contribution in [0.3, 0.4) is 0 Å². The van der Waals surface area contributed by atoms with Gasteiger partial charge in [0, 0.05) is 28.8 Å². The molecule has 124 valence electrons. The molecule has 2 aliphatic carbocycles. The van der Waals surface area contributed by atoms with Gasteiger partial charge in [0.2, 0.25) is 0 Å². The van der Waals surface area contributed by atoms with Crippen LogP contribution in [0.25, 0.3) is 0 Å². The molecule has 2 saturated carbocycles. The van der Waals surface area contributed by atoms with Gasteiger partial charge in [-0.05, 0) is 50.0 Å². The number of fused-ring (bicyclic) bond motifs is 2. The second-order valence-electron chi connectivity index (χ2n) is 7.24. The third-order valence-electron chi connectivity index (χ3n) is 5.85. The third kappa shape index (κ3) is 3.13. The Morgan fingerprint density at radius 2 is 1.87 bits per heavy atom. The van der Waals surface area contributed by atoms with E-state index in [4.69, 9.17) is 4.74 Å². The molecule has 4 heteroatoms. The zero-order valence-electron chi connectivity index (χ0n) is 13.4. The van der Waals surface area contributed by atoms with Crippen LogP contribution in [0, 0.1) is 11.8 Å². The topological polar surface area (TPSA) is 29.5 Å². The zero-order chi connectivity index (χ0) is 15.8. The van der Waals surface area contributed by atoms with Crippen molar-refractivity contribution in [2.24, 2.45) is 11.8 Å². The minimum atomic E-state index is 0.230. The van der Waals surface area contributed by atoms with E-state index in [0.29, 0.717) is 24.3 Å². The summed E-state index contributed by atoms with van der Waals surface area (Å²) in [5.41, 5.74) is 1.21. The third-order valence-corrected chi connectivity index (χ3v) is 6.38. The maximum atomic E-state index is 12.3. The van der Waals surface area contributed by atoms with E-state index in [1.54, 1.807) is 0 Å². The van der Waals surface area contributed by atoms with E-state index in [1.807, 2.05) is 0 Å². The van der Waals surface area contributed by atoms with Crippen molar-refractivity contribution in [2.75, 3.05) is 13.1 Å². The molecule has 0 aromatic heterocycles. The molecule has 3 fully saturated rings. The van der Waals surface area contributed by atoms with Crippen molar-refractivity contribution in [1.82, 2.24) is 4.90 Å². The van der Waals surface area contributed by atoms with Crippen LogP contribution in [-0.4, -0.2) is 35.9 Å². The van der Waals surface area contributed by atoms with Crippen LogP contribution in [0.2, 0.25) is 0 Å². The molecule has 0 N–H and O–H groups in total. The summed E-state index contributed by atoms with van der Waals surface area (Å²) in [7, 11) is 0. The molecule has 3 nitrogen and oxygen atoms in total. The number of ether oxygens (including phenoxy) is 1. The lowest BCUT2D eigenvalue weighted by Gasteiger charge is -2.35. The van der Waals surface area contributed by atoms with E-state index in [9.17, 15) is 4.79 Å². The first-order valence-corrected chi connectivity index (χ1v) is 9.64. The molecule has 1 heterocycles. The van der Waals surface area contributed by atoms with Gasteiger partial charge in [0.25, 0.3) is 0 Å². The molecule has 0 spiro atoms.